The molecule has 0 saturated carbocycles. The Morgan fingerprint density at radius 3 is 2.48 bits per heavy atom. The van der Waals surface area contributed by atoms with Crippen molar-refractivity contribution in [3.63, 3.8) is 0 Å². The third-order valence-electron chi connectivity index (χ3n) is 4.70. The van der Waals surface area contributed by atoms with Crippen LogP contribution in [0.2, 0.25) is 0 Å². The highest BCUT2D eigenvalue weighted by atomic mass is 16.5. The van der Waals surface area contributed by atoms with Crippen LogP contribution in [-0.4, -0.2) is 11.2 Å². The molecule has 0 aliphatic carbocycles. The van der Waals surface area contributed by atoms with Gasteiger partial charge in [-0.15, -0.1) is 5.92 Å². The second-order valence-corrected chi connectivity index (χ2v) is 7.07. The fourth-order valence-electron chi connectivity index (χ4n) is 2.92. The molecule has 2 aromatic rings. The number of unbranched alkanes of at least 4 members (excludes halogenated alkanes) is 4. The Morgan fingerprint density at radius 2 is 1.70 bits per heavy atom. The van der Waals surface area contributed by atoms with Gasteiger partial charge in [0.05, 0.1) is 6.10 Å². The molecule has 0 radical (unpaired) electrons. The zero-order valence-corrected chi connectivity index (χ0v) is 16.7. The first-order chi connectivity index (χ1) is 13.2. The zero-order valence-electron chi connectivity index (χ0n) is 16.7. The zero-order chi connectivity index (χ0) is 19.3. The van der Waals surface area contributed by atoms with Crippen LogP contribution >= 0.6 is 0 Å². The van der Waals surface area contributed by atoms with Gasteiger partial charge < -0.3 is 9.84 Å². The van der Waals surface area contributed by atoms with Crippen LogP contribution in [0.25, 0.3) is 0 Å². The van der Waals surface area contributed by atoms with Crippen molar-refractivity contribution < 1.29 is 9.84 Å². The van der Waals surface area contributed by atoms with Crippen molar-refractivity contribution in [1.82, 2.24) is 0 Å². The Morgan fingerprint density at radius 1 is 0.963 bits per heavy atom. The number of benzene rings is 2. The van der Waals surface area contributed by atoms with Gasteiger partial charge in [0.15, 0.2) is 0 Å². The summed E-state index contributed by atoms with van der Waals surface area (Å²) in [5, 5.41) is 10.6. The molecule has 2 heteroatoms. The minimum atomic E-state index is -0.491. The number of hydrogen-bond acceptors (Lipinski definition) is 2. The topological polar surface area (TPSA) is 29.5 Å². The first kappa shape index (κ1) is 21.1. The van der Waals surface area contributed by atoms with E-state index in [0.717, 1.165) is 29.7 Å². The van der Waals surface area contributed by atoms with Crippen molar-refractivity contribution in [3.05, 3.63) is 65.7 Å². The molecule has 2 nitrogen and oxygen atoms in total. The minimum absolute atomic E-state index is 0.0432. The Hall–Kier alpha value is -2.24. The largest absolute Gasteiger partial charge is 0.489 e. The molecule has 2 atom stereocenters. The van der Waals surface area contributed by atoms with Crippen LogP contribution in [0, 0.1) is 17.8 Å². The molecule has 2 rings (SSSR count). The number of rotatable bonds is 10. The highest BCUT2D eigenvalue weighted by Gasteiger charge is 2.15. The van der Waals surface area contributed by atoms with E-state index in [2.05, 4.69) is 30.9 Å². The lowest BCUT2D eigenvalue weighted by atomic mass is 9.97. The number of ether oxygens (including phenoxy) is 1. The normalized spacial score (nSPS) is 12.7. The summed E-state index contributed by atoms with van der Waals surface area (Å²) in [6, 6.07) is 18.1. The summed E-state index contributed by atoms with van der Waals surface area (Å²) in [6.07, 6.45) is 5.90. The Kier molecular flexibility index (Phi) is 9.52. The Bertz CT molecular complexity index is 712. The lowest BCUT2D eigenvalue weighted by Gasteiger charge is -2.17. The van der Waals surface area contributed by atoms with Gasteiger partial charge in [-0.2, -0.15) is 0 Å². The summed E-state index contributed by atoms with van der Waals surface area (Å²) < 4.78 is 5.99. The predicted octanol–water partition coefficient (Wildman–Crippen LogP) is 5.78. The molecule has 27 heavy (non-hydrogen) atoms. The Labute approximate surface area is 164 Å². The van der Waals surface area contributed by atoms with E-state index in [4.69, 9.17) is 4.74 Å². The first-order valence-corrected chi connectivity index (χ1v) is 10.1. The van der Waals surface area contributed by atoms with Crippen molar-refractivity contribution in [2.24, 2.45) is 5.92 Å². The number of para-hydroxylation sites is 1. The molecule has 0 fully saturated rings. The molecular formula is C25H32O2. The SMILES string of the molecule is CCCCCCC#CC(C)C(O)Cc1ccccc1OCc1ccccc1. The maximum Gasteiger partial charge on any atom is 0.123 e. The maximum absolute atomic E-state index is 10.6. The van der Waals surface area contributed by atoms with Gasteiger partial charge in [-0.1, -0.05) is 80.6 Å². The van der Waals surface area contributed by atoms with Gasteiger partial charge in [0.25, 0.3) is 0 Å². The molecule has 0 heterocycles. The molecule has 2 unspecified atom stereocenters. The van der Waals surface area contributed by atoms with Gasteiger partial charge in [0.2, 0.25) is 0 Å². The van der Waals surface area contributed by atoms with E-state index in [1.807, 2.05) is 49.4 Å². The lowest BCUT2D eigenvalue weighted by molar-refractivity contribution is 0.140. The van der Waals surface area contributed by atoms with Gasteiger partial charge in [0, 0.05) is 18.8 Å². The van der Waals surface area contributed by atoms with Crippen molar-refractivity contribution >= 4 is 0 Å². The average Bonchev–Trinajstić information content (AvgIpc) is 2.70. The van der Waals surface area contributed by atoms with Gasteiger partial charge >= 0.3 is 0 Å². The second-order valence-electron chi connectivity index (χ2n) is 7.07. The third-order valence-corrected chi connectivity index (χ3v) is 4.70. The molecule has 0 bridgehead atoms. The van der Waals surface area contributed by atoms with Crippen LogP contribution in [0.15, 0.2) is 54.6 Å². The summed E-state index contributed by atoms with van der Waals surface area (Å²) in [6.45, 7) is 4.74. The van der Waals surface area contributed by atoms with Crippen molar-refractivity contribution in [1.29, 1.82) is 0 Å². The summed E-state index contributed by atoms with van der Waals surface area (Å²) in [5.41, 5.74) is 2.16. The average molecular weight is 365 g/mol. The molecular weight excluding hydrogens is 332 g/mol. The van der Waals surface area contributed by atoms with Crippen LogP contribution < -0.4 is 4.74 Å². The molecule has 1 N–H and O–H groups in total. The summed E-state index contributed by atoms with van der Waals surface area (Å²) in [5.74, 6) is 7.24. The van der Waals surface area contributed by atoms with E-state index < -0.39 is 6.10 Å². The summed E-state index contributed by atoms with van der Waals surface area (Å²) in [4.78, 5) is 0. The maximum atomic E-state index is 10.6. The van der Waals surface area contributed by atoms with Crippen LogP contribution in [0.1, 0.15) is 57.1 Å². The monoisotopic (exact) mass is 364 g/mol. The summed E-state index contributed by atoms with van der Waals surface area (Å²) in [7, 11) is 0. The molecule has 0 aromatic heterocycles. The lowest BCUT2D eigenvalue weighted by Crippen LogP contribution is -2.19. The molecule has 0 saturated heterocycles. The highest BCUT2D eigenvalue weighted by molar-refractivity contribution is 5.34. The predicted molar refractivity (Wildman–Crippen MR) is 113 cm³/mol. The van der Waals surface area contributed by atoms with Gasteiger partial charge in [-0.05, 0) is 30.5 Å². The Balaban J connectivity index is 1.87. The second kappa shape index (κ2) is 12.2. The minimum Gasteiger partial charge on any atom is -0.489 e. The highest BCUT2D eigenvalue weighted by Crippen LogP contribution is 2.22. The van der Waals surface area contributed by atoms with E-state index in [1.165, 1.54) is 19.3 Å². The number of aliphatic hydroxyl groups is 1. The van der Waals surface area contributed by atoms with Crippen LogP contribution in [0.4, 0.5) is 0 Å². The van der Waals surface area contributed by atoms with E-state index in [1.54, 1.807) is 0 Å². The first-order valence-electron chi connectivity index (χ1n) is 10.1. The van der Waals surface area contributed by atoms with Crippen molar-refractivity contribution in [2.45, 2.75) is 65.1 Å². The fourth-order valence-corrected chi connectivity index (χ4v) is 2.92. The standard InChI is InChI=1S/C25H32O2/c1-3-4-5-6-7-9-14-21(2)24(26)19-23-17-12-13-18-25(23)27-20-22-15-10-8-11-16-22/h8,10-13,15-18,21,24,26H,3-7,19-20H2,1-2H3. The smallest absolute Gasteiger partial charge is 0.123 e. The van der Waals surface area contributed by atoms with E-state index in [0.29, 0.717) is 13.0 Å². The molecule has 0 aliphatic heterocycles. The van der Waals surface area contributed by atoms with Crippen LogP contribution in [-0.2, 0) is 13.0 Å². The van der Waals surface area contributed by atoms with Crippen LogP contribution in [0.3, 0.4) is 0 Å². The van der Waals surface area contributed by atoms with Gasteiger partial charge in [-0.3, -0.25) is 0 Å². The number of aliphatic hydroxyl groups excluding tert-OH is 1. The molecule has 144 valence electrons. The number of hydrogen-bond donors (Lipinski definition) is 1. The van der Waals surface area contributed by atoms with Gasteiger partial charge in [0.1, 0.15) is 12.4 Å². The third kappa shape index (κ3) is 7.89. The summed E-state index contributed by atoms with van der Waals surface area (Å²) >= 11 is 0. The molecule has 0 aliphatic rings. The van der Waals surface area contributed by atoms with Crippen molar-refractivity contribution in [3.8, 4) is 17.6 Å². The quantitative estimate of drug-likeness (QED) is 0.428. The molecule has 0 amide bonds. The van der Waals surface area contributed by atoms with E-state index in [-0.39, 0.29) is 5.92 Å². The van der Waals surface area contributed by atoms with E-state index >= 15 is 0 Å². The van der Waals surface area contributed by atoms with Crippen LogP contribution in [0.5, 0.6) is 5.75 Å². The molecule has 2 aromatic carbocycles. The van der Waals surface area contributed by atoms with Crippen molar-refractivity contribution in [2.75, 3.05) is 0 Å². The van der Waals surface area contributed by atoms with E-state index in [9.17, 15) is 5.11 Å². The van der Waals surface area contributed by atoms with Gasteiger partial charge in [-0.25, -0.2) is 0 Å². The molecule has 0 spiro atoms. The fraction of sp³-hybridized carbons (Fsp3) is 0.440.